The van der Waals surface area contributed by atoms with Crippen molar-refractivity contribution in [2.45, 2.75) is 13.8 Å². The molecule has 0 N–H and O–H groups in total. The second-order valence-corrected chi connectivity index (χ2v) is 16.1. The second kappa shape index (κ2) is 13.3. The minimum atomic E-state index is -3.55. The summed E-state index contributed by atoms with van der Waals surface area (Å²) >= 11 is 19.2. The van der Waals surface area contributed by atoms with Gasteiger partial charge in [0.1, 0.15) is 5.76 Å². The van der Waals surface area contributed by atoms with Crippen LogP contribution in [0.5, 0.6) is 0 Å². The number of ether oxygens (including phenoxy) is 4. The van der Waals surface area contributed by atoms with E-state index in [2.05, 4.69) is 13.5 Å². The lowest BCUT2D eigenvalue weighted by atomic mass is 10.5. The van der Waals surface area contributed by atoms with Crippen LogP contribution in [0.4, 0.5) is 0 Å². The average molecular weight is 563 g/mol. The van der Waals surface area contributed by atoms with Crippen molar-refractivity contribution < 1.29 is 37.3 Å². The van der Waals surface area contributed by atoms with Crippen molar-refractivity contribution in [3.8, 4) is 0 Å². The topological polar surface area (TPSA) is 119 Å². The molecule has 11 nitrogen and oxygen atoms in total. The molecule has 0 aliphatic carbocycles. The summed E-state index contributed by atoms with van der Waals surface area (Å²) in [7, 11) is -3.55. The lowest BCUT2D eigenvalue weighted by molar-refractivity contribution is -0.137. The summed E-state index contributed by atoms with van der Waals surface area (Å²) in [5.74, 6) is -3.81. The van der Waals surface area contributed by atoms with Crippen LogP contribution in [0.2, 0.25) is 0 Å². The van der Waals surface area contributed by atoms with Gasteiger partial charge in [0.2, 0.25) is 0 Å². The Kier molecular flexibility index (Phi) is 11.9. The predicted octanol–water partition coefficient (Wildman–Crippen LogP) is 6.14. The Morgan fingerprint density at radius 1 is 0.903 bits per heavy atom. The SMILES string of the molecule is CCOC(=O)C=C(C)OP12=NP(Cl)(=NP(Cl)(Cl)=N1)OCCOCCOCCOCCO2. The minimum Gasteiger partial charge on any atom is -0.463 e. The van der Waals surface area contributed by atoms with Crippen molar-refractivity contribution in [2.75, 3.05) is 59.5 Å². The van der Waals surface area contributed by atoms with Crippen LogP contribution < -0.4 is 0 Å². The maximum Gasteiger partial charge on any atom is 0.399 e. The highest BCUT2D eigenvalue weighted by molar-refractivity contribution is 8.14. The summed E-state index contributed by atoms with van der Waals surface area (Å²) < 4.78 is 51.2. The summed E-state index contributed by atoms with van der Waals surface area (Å²) in [6.45, 7) is 2.13. The van der Waals surface area contributed by atoms with Gasteiger partial charge in [-0.05, 0) is 47.6 Å². The van der Waals surface area contributed by atoms with E-state index in [1.165, 1.54) is 6.92 Å². The Bertz CT molecular complexity index is 820. The molecule has 2 atom stereocenters. The number of rotatable bonds is 4. The summed E-state index contributed by atoms with van der Waals surface area (Å²) in [4.78, 5) is 11.8. The van der Waals surface area contributed by atoms with Crippen LogP contribution in [-0.2, 0) is 37.3 Å². The number of esters is 1. The molecular formula is C14H25Cl3N3O8P3. The lowest BCUT2D eigenvalue weighted by Crippen LogP contribution is -2.13. The first kappa shape index (κ1) is 27.6. The number of hydrogen-bond donors (Lipinski definition) is 0. The van der Waals surface area contributed by atoms with Crippen LogP contribution >= 0.6 is 54.1 Å². The molecule has 2 unspecified atom stereocenters. The lowest BCUT2D eigenvalue weighted by Gasteiger charge is -2.28. The Morgan fingerprint density at radius 3 is 2.03 bits per heavy atom. The van der Waals surface area contributed by atoms with Gasteiger partial charge in [0.05, 0.1) is 65.5 Å². The zero-order valence-electron chi connectivity index (χ0n) is 17.0. The molecule has 0 saturated heterocycles. The number of allylic oxidation sites excluding steroid dienone is 1. The average Bonchev–Trinajstić information content (AvgIpc) is 2.63. The van der Waals surface area contributed by atoms with Gasteiger partial charge in [-0.2, -0.15) is 9.03 Å². The van der Waals surface area contributed by atoms with Crippen molar-refractivity contribution in [3.05, 3.63) is 11.8 Å². The number of carbonyl (C=O) groups excluding carboxylic acids is 1. The quantitative estimate of drug-likeness (QED) is 0.174. The van der Waals surface area contributed by atoms with Crippen LogP contribution in [0.3, 0.4) is 0 Å². The number of nitrogens with zero attached hydrogens (tertiary/aromatic N) is 3. The van der Waals surface area contributed by atoms with Crippen molar-refractivity contribution in [3.63, 3.8) is 0 Å². The zero-order valence-corrected chi connectivity index (χ0v) is 22.0. The monoisotopic (exact) mass is 561 g/mol. The van der Waals surface area contributed by atoms with E-state index in [1.54, 1.807) is 6.92 Å². The third kappa shape index (κ3) is 10.4. The van der Waals surface area contributed by atoms with E-state index >= 15 is 0 Å². The van der Waals surface area contributed by atoms with E-state index in [0.29, 0.717) is 26.4 Å². The van der Waals surface area contributed by atoms with E-state index in [0.717, 1.165) is 6.08 Å². The van der Waals surface area contributed by atoms with Gasteiger partial charge in [0.25, 0.3) is 5.91 Å². The summed E-state index contributed by atoms with van der Waals surface area (Å²) in [6.07, 6.45) is 1.14. The summed E-state index contributed by atoms with van der Waals surface area (Å²) in [6, 6.07) is 0. The van der Waals surface area contributed by atoms with Gasteiger partial charge in [-0.1, -0.05) is 0 Å². The maximum absolute atomic E-state index is 11.8. The third-order valence-electron chi connectivity index (χ3n) is 3.25. The molecule has 0 saturated carbocycles. The maximum atomic E-state index is 11.8. The van der Waals surface area contributed by atoms with Crippen molar-refractivity contribution >= 4 is 60.0 Å². The highest BCUT2D eigenvalue weighted by Gasteiger charge is 2.39. The Hall–Kier alpha value is 0.370. The molecule has 180 valence electrons. The molecule has 0 aromatic heterocycles. The smallest absolute Gasteiger partial charge is 0.399 e. The molecule has 2 aliphatic heterocycles. The second-order valence-electron chi connectivity index (χ2n) is 5.79. The molecule has 2 heterocycles. The largest absolute Gasteiger partial charge is 0.463 e. The standard InChI is InChI=1S/C14H25Cl3N3O8P3/c1-3-25-14(21)12-13(2)28-31-19-29(15,16)18-30(17,20-31)26-10-8-23-6-4-22-5-7-24-9-11-27-31/h12H,3-11H2,1-2H3. The van der Waals surface area contributed by atoms with Gasteiger partial charge in [-0.15, -0.1) is 4.52 Å². The Labute approximate surface area is 195 Å². The van der Waals surface area contributed by atoms with E-state index < -0.39 is 26.3 Å². The first-order valence-corrected chi connectivity index (χ1v) is 16.8. The number of hydrogen-bond acceptors (Lipinski definition) is 11. The van der Waals surface area contributed by atoms with Gasteiger partial charge < -0.3 is 28.0 Å². The third-order valence-corrected chi connectivity index (χ3v) is 14.0. The van der Waals surface area contributed by atoms with Gasteiger partial charge >= 0.3 is 20.4 Å². The van der Waals surface area contributed by atoms with E-state index in [9.17, 15) is 4.79 Å². The zero-order chi connectivity index (χ0) is 22.8. The van der Waals surface area contributed by atoms with Gasteiger partial charge in [0.15, 0.2) is 0 Å². The molecule has 0 aromatic carbocycles. The minimum absolute atomic E-state index is 0.0429. The van der Waals surface area contributed by atoms with E-state index in [4.69, 9.17) is 66.2 Å². The predicted molar refractivity (Wildman–Crippen MR) is 121 cm³/mol. The van der Waals surface area contributed by atoms with E-state index in [-0.39, 0.29) is 38.8 Å². The van der Waals surface area contributed by atoms with Crippen LogP contribution in [0, 0.1) is 0 Å². The van der Waals surface area contributed by atoms with Crippen LogP contribution in [0.1, 0.15) is 13.8 Å². The molecule has 2 aliphatic rings. The fourth-order valence-electron chi connectivity index (χ4n) is 2.16. The number of carbonyl (C=O) groups is 1. The van der Waals surface area contributed by atoms with Crippen molar-refractivity contribution in [2.24, 2.45) is 13.5 Å². The fraction of sp³-hybridized carbons (Fsp3) is 0.786. The highest BCUT2D eigenvalue weighted by atomic mass is 35.9. The molecule has 2 bridgehead atoms. The summed E-state index contributed by atoms with van der Waals surface area (Å²) in [5.41, 5.74) is 0. The van der Waals surface area contributed by atoms with Gasteiger partial charge in [-0.3, -0.25) is 4.52 Å². The van der Waals surface area contributed by atoms with Crippen LogP contribution in [-0.4, -0.2) is 65.4 Å². The van der Waals surface area contributed by atoms with E-state index in [1.807, 2.05) is 0 Å². The molecule has 0 amide bonds. The molecule has 31 heavy (non-hydrogen) atoms. The van der Waals surface area contributed by atoms with Gasteiger partial charge in [0, 0.05) is 0 Å². The summed E-state index contributed by atoms with van der Waals surface area (Å²) in [5, 5.41) is 0. The molecule has 17 heteroatoms. The fourth-order valence-corrected chi connectivity index (χ4v) is 14.7. The number of halogens is 3. The van der Waals surface area contributed by atoms with Crippen molar-refractivity contribution in [1.29, 1.82) is 0 Å². The molecule has 2 rings (SSSR count). The molecule has 0 spiro atoms. The van der Waals surface area contributed by atoms with Crippen molar-refractivity contribution in [1.82, 2.24) is 0 Å². The molecule has 0 fully saturated rings. The molecule has 0 aromatic rings. The number of fused-ring (bicyclic) bond motifs is 1. The first-order valence-electron chi connectivity index (χ1n) is 9.25. The normalized spacial score (nSPS) is 30.8. The molecule has 0 radical (unpaired) electrons. The van der Waals surface area contributed by atoms with Crippen LogP contribution in [0.25, 0.3) is 0 Å². The van der Waals surface area contributed by atoms with Crippen LogP contribution in [0.15, 0.2) is 25.4 Å². The molecular weight excluding hydrogens is 537 g/mol. The Morgan fingerprint density at radius 2 is 1.45 bits per heavy atom. The highest BCUT2D eigenvalue weighted by Crippen LogP contribution is 2.84. The van der Waals surface area contributed by atoms with Gasteiger partial charge in [-0.25, -0.2) is 4.79 Å². The Balaban J connectivity index is 2.35. The first-order chi connectivity index (χ1) is 14.7.